The van der Waals surface area contributed by atoms with Gasteiger partial charge in [-0.2, -0.15) is 0 Å². The van der Waals surface area contributed by atoms with Gasteiger partial charge in [-0.1, -0.05) is 64.7 Å². The Bertz CT molecular complexity index is 420. The van der Waals surface area contributed by atoms with Crippen molar-refractivity contribution in [3.8, 4) is 0 Å². The Balaban J connectivity index is 0.00000529. The van der Waals surface area contributed by atoms with Crippen LogP contribution in [0.5, 0.6) is 0 Å². The van der Waals surface area contributed by atoms with Crippen LogP contribution < -0.4 is 10.6 Å². The first-order valence-electron chi connectivity index (χ1n) is 9.80. The van der Waals surface area contributed by atoms with Crippen LogP contribution in [0.15, 0.2) is 18.2 Å². The zero-order valence-electron chi connectivity index (χ0n) is 16.2. The fourth-order valence-corrected chi connectivity index (χ4v) is 3.12. The van der Waals surface area contributed by atoms with E-state index in [1.165, 1.54) is 75.5 Å². The smallest absolute Gasteiger partial charge is 0.0370 e. The third-order valence-electron chi connectivity index (χ3n) is 4.78. The van der Waals surface area contributed by atoms with Crippen LogP contribution in [-0.4, -0.2) is 13.1 Å². The molecule has 0 bridgehead atoms. The van der Waals surface area contributed by atoms with Gasteiger partial charge in [0.05, 0.1) is 0 Å². The number of hydrogen-bond acceptors (Lipinski definition) is 2. The Morgan fingerprint density at radius 1 is 0.833 bits per heavy atom. The molecule has 0 aliphatic heterocycles. The summed E-state index contributed by atoms with van der Waals surface area (Å²) in [6.45, 7) is 8.84. The Hall–Kier alpha value is -0.890. The molecule has 0 spiro atoms. The number of aryl methyl sites for hydroxylation is 1. The Morgan fingerprint density at radius 2 is 1.38 bits per heavy atom. The van der Waals surface area contributed by atoms with E-state index in [0.29, 0.717) is 0 Å². The van der Waals surface area contributed by atoms with Gasteiger partial charge < -0.3 is 10.6 Å². The summed E-state index contributed by atoms with van der Waals surface area (Å²) >= 11 is 0. The molecule has 24 heavy (non-hydrogen) atoms. The van der Waals surface area contributed by atoms with Crippen LogP contribution in [0.25, 0.3) is 0 Å². The molecule has 0 saturated carbocycles. The fourth-order valence-electron chi connectivity index (χ4n) is 3.12. The van der Waals surface area contributed by atoms with Crippen LogP contribution in [0.3, 0.4) is 0 Å². The summed E-state index contributed by atoms with van der Waals surface area (Å²) in [4.78, 5) is 2.47. The van der Waals surface area contributed by atoms with Gasteiger partial charge in [-0.3, -0.25) is 0 Å². The first kappa shape index (κ1) is 23.1. The number of halogens is 1. The molecule has 0 unspecified atom stereocenters. The molecule has 0 aliphatic carbocycles. The lowest BCUT2D eigenvalue weighted by Crippen LogP contribution is -2.24. The van der Waals surface area contributed by atoms with Crippen molar-refractivity contribution in [2.75, 3.05) is 23.7 Å². The highest BCUT2D eigenvalue weighted by Gasteiger charge is 2.05. The average molecular weight is 355 g/mol. The maximum absolute atomic E-state index is 5.92. The second-order valence-corrected chi connectivity index (χ2v) is 6.80. The predicted molar refractivity (Wildman–Crippen MR) is 113 cm³/mol. The molecule has 1 aromatic carbocycles. The highest BCUT2D eigenvalue weighted by atomic mass is 35.5. The summed E-state index contributed by atoms with van der Waals surface area (Å²) in [5, 5.41) is 0. The number of unbranched alkanes of at least 4 members (excludes halogenated alkanes) is 9. The molecule has 0 fully saturated rings. The molecule has 2 N–H and O–H groups in total. The van der Waals surface area contributed by atoms with E-state index in [0.717, 1.165) is 18.8 Å². The minimum absolute atomic E-state index is 0. The molecule has 0 radical (unpaired) electrons. The molecule has 0 heterocycles. The predicted octanol–water partition coefficient (Wildman–Crippen LogP) is 6.75. The Labute approximate surface area is 156 Å². The van der Waals surface area contributed by atoms with Crippen LogP contribution >= 0.6 is 12.4 Å². The standard InChI is InChI=1S/C21H38N2.ClH/c1-4-6-7-8-9-10-11-12-13-14-17-23(5-2)20-15-16-21(22)19(3)18-20;/h15-16,18H,4-14,17,22H2,1-3H3;1H. The number of nitrogens with two attached hydrogens (primary N) is 1. The van der Waals surface area contributed by atoms with Crippen LogP contribution in [0.2, 0.25) is 0 Å². The van der Waals surface area contributed by atoms with Crippen molar-refractivity contribution < 1.29 is 0 Å². The number of rotatable bonds is 13. The summed E-state index contributed by atoms with van der Waals surface area (Å²) < 4.78 is 0. The van der Waals surface area contributed by atoms with Crippen LogP contribution in [-0.2, 0) is 0 Å². The Morgan fingerprint density at radius 3 is 1.88 bits per heavy atom. The zero-order chi connectivity index (χ0) is 16.9. The summed E-state index contributed by atoms with van der Waals surface area (Å²) in [6.07, 6.45) is 14.0. The van der Waals surface area contributed by atoms with E-state index in [4.69, 9.17) is 5.73 Å². The molecule has 0 aliphatic rings. The van der Waals surface area contributed by atoms with E-state index in [9.17, 15) is 0 Å². The van der Waals surface area contributed by atoms with E-state index in [1.54, 1.807) is 0 Å². The highest BCUT2D eigenvalue weighted by molar-refractivity contribution is 5.85. The monoisotopic (exact) mass is 354 g/mol. The van der Waals surface area contributed by atoms with Gasteiger partial charge in [-0.15, -0.1) is 12.4 Å². The number of nitrogen functional groups attached to an aromatic ring is 1. The van der Waals surface area contributed by atoms with E-state index < -0.39 is 0 Å². The topological polar surface area (TPSA) is 29.3 Å². The molecular weight excluding hydrogens is 316 g/mol. The van der Waals surface area contributed by atoms with Crippen molar-refractivity contribution >= 4 is 23.8 Å². The van der Waals surface area contributed by atoms with Gasteiger partial charge in [0.1, 0.15) is 0 Å². The van der Waals surface area contributed by atoms with Gasteiger partial charge in [0.25, 0.3) is 0 Å². The van der Waals surface area contributed by atoms with E-state index in [-0.39, 0.29) is 12.4 Å². The molecule has 0 aromatic heterocycles. The normalized spacial score (nSPS) is 10.5. The second-order valence-electron chi connectivity index (χ2n) is 6.80. The van der Waals surface area contributed by atoms with E-state index in [2.05, 4.69) is 37.8 Å². The summed E-state index contributed by atoms with van der Waals surface area (Å²) in [5.41, 5.74) is 9.31. The number of benzene rings is 1. The van der Waals surface area contributed by atoms with Gasteiger partial charge in [0, 0.05) is 24.5 Å². The first-order chi connectivity index (χ1) is 11.2. The average Bonchev–Trinajstić information content (AvgIpc) is 2.55. The quantitative estimate of drug-likeness (QED) is 0.313. The molecule has 0 amide bonds. The first-order valence-corrected chi connectivity index (χ1v) is 9.80. The molecule has 0 atom stereocenters. The van der Waals surface area contributed by atoms with Crippen molar-refractivity contribution in [3.63, 3.8) is 0 Å². The van der Waals surface area contributed by atoms with Crippen LogP contribution in [0.4, 0.5) is 11.4 Å². The number of anilines is 2. The van der Waals surface area contributed by atoms with Gasteiger partial charge in [0.15, 0.2) is 0 Å². The Kier molecular flexibility index (Phi) is 13.9. The van der Waals surface area contributed by atoms with E-state index >= 15 is 0 Å². The molecule has 1 aromatic rings. The molecule has 0 saturated heterocycles. The second kappa shape index (κ2) is 14.5. The fraction of sp³-hybridized carbons (Fsp3) is 0.714. The summed E-state index contributed by atoms with van der Waals surface area (Å²) in [5.74, 6) is 0. The van der Waals surface area contributed by atoms with Gasteiger partial charge >= 0.3 is 0 Å². The molecule has 3 heteroatoms. The third kappa shape index (κ3) is 9.42. The summed E-state index contributed by atoms with van der Waals surface area (Å²) in [7, 11) is 0. The van der Waals surface area contributed by atoms with Crippen molar-refractivity contribution in [1.82, 2.24) is 0 Å². The minimum Gasteiger partial charge on any atom is -0.399 e. The van der Waals surface area contributed by atoms with Gasteiger partial charge in [0.2, 0.25) is 0 Å². The number of nitrogens with zero attached hydrogens (tertiary/aromatic N) is 1. The molecular formula is C21H39ClN2. The lowest BCUT2D eigenvalue weighted by molar-refractivity contribution is 0.555. The maximum Gasteiger partial charge on any atom is 0.0370 e. The highest BCUT2D eigenvalue weighted by Crippen LogP contribution is 2.21. The van der Waals surface area contributed by atoms with Crippen molar-refractivity contribution in [2.45, 2.75) is 85.0 Å². The molecule has 2 nitrogen and oxygen atoms in total. The largest absolute Gasteiger partial charge is 0.399 e. The third-order valence-corrected chi connectivity index (χ3v) is 4.78. The SMILES string of the molecule is CCCCCCCCCCCCN(CC)c1ccc(N)c(C)c1.Cl. The maximum atomic E-state index is 5.92. The van der Waals surface area contributed by atoms with Crippen molar-refractivity contribution in [3.05, 3.63) is 23.8 Å². The van der Waals surface area contributed by atoms with E-state index in [1.807, 2.05) is 6.07 Å². The lowest BCUT2D eigenvalue weighted by Gasteiger charge is -2.24. The van der Waals surface area contributed by atoms with Crippen molar-refractivity contribution in [2.24, 2.45) is 0 Å². The van der Waals surface area contributed by atoms with Crippen LogP contribution in [0.1, 0.15) is 83.6 Å². The summed E-state index contributed by atoms with van der Waals surface area (Å²) in [6, 6.07) is 6.41. The van der Waals surface area contributed by atoms with Gasteiger partial charge in [-0.25, -0.2) is 0 Å². The van der Waals surface area contributed by atoms with Crippen molar-refractivity contribution in [1.29, 1.82) is 0 Å². The van der Waals surface area contributed by atoms with Gasteiger partial charge in [-0.05, 0) is 44.0 Å². The minimum atomic E-state index is 0. The zero-order valence-corrected chi connectivity index (χ0v) is 17.0. The molecule has 140 valence electrons. The molecule has 1 rings (SSSR count). The number of hydrogen-bond donors (Lipinski definition) is 1. The lowest BCUT2D eigenvalue weighted by atomic mass is 10.1. The van der Waals surface area contributed by atoms with Crippen LogP contribution in [0, 0.1) is 6.92 Å².